The first-order chi connectivity index (χ1) is 14.5. The summed E-state index contributed by atoms with van der Waals surface area (Å²) in [4.78, 5) is 14.1. The molecule has 0 aromatic heterocycles. The normalized spacial score (nSPS) is 10.4. The van der Waals surface area contributed by atoms with Gasteiger partial charge in [-0.15, -0.1) is 11.8 Å². The van der Waals surface area contributed by atoms with Crippen LogP contribution < -0.4 is 19.5 Å². The number of methoxy groups -OCH3 is 3. The van der Waals surface area contributed by atoms with E-state index in [1.165, 1.54) is 10.5 Å². The van der Waals surface area contributed by atoms with Crippen LogP contribution in [0.4, 0.5) is 5.69 Å². The lowest BCUT2D eigenvalue weighted by Crippen LogP contribution is -2.13. The molecule has 5 nitrogen and oxygen atoms in total. The van der Waals surface area contributed by atoms with E-state index in [4.69, 9.17) is 14.2 Å². The largest absolute Gasteiger partial charge is 0.497 e. The van der Waals surface area contributed by atoms with Crippen LogP contribution in [-0.4, -0.2) is 27.2 Å². The van der Waals surface area contributed by atoms with Gasteiger partial charge in [-0.3, -0.25) is 4.79 Å². The molecule has 30 heavy (non-hydrogen) atoms. The second kappa shape index (κ2) is 10.1. The molecule has 0 saturated carbocycles. The molecule has 3 aromatic carbocycles. The van der Waals surface area contributed by atoms with Crippen molar-refractivity contribution in [3.05, 3.63) is 77.4 Å². The number of carbonyl (C=O) groups is 1. The molecule has 0 aliphatic carbocycles. The molecule has 3 aromatic rings. The monoisotopic (exact) mass is 423 g/mol. The lowest BCUT2D eigenvalue weighted by atomic mass is 10.1. The summed E-state index contributed by atoms with van der Waals surface area (Å²) in [7, 11) is 4.77. The van der Waals surface area contributed by atoms with Crippen molar-refractivity contribution in [1.82, 2.24) is 0 Å². The zero-order valence-electron chi connectivity index (χ0n) is 17.5. The highest BCUT2D eigenvalue weighted by Gasteiger charge is 2.14. The molecule has 0 aliphatic heterocycles. The fourth-order valence-corrected chi connectivity index (χ4v) is 3.81. The third-order valence-corrected chi connectivity index (χ3v) is 5.67. The molecule has 0 heterocycles. The Morgan fingerprint density at radius 1 is 0.867 bits per heavy atom. The van der Waals surface area contributed by atoms with E-state index in [0.29, 0.717) is 28.5 Å². The Labute approximate surface area is 181 Å². The van der Waals surface area contributed by atoms with Crippen LogP contribution >= 0.6 is 11.8 Å². The van der Waals surface area contributed by atoms with Gasteiger partial charge in [0.15, 0.2) is 0 Å². The van der Waals surface area contributed by atoms with E-state index < -0.39 is 0 Å². The molecule has 156 valence electrons. The molecule has 6 heteroatoms. The number of ether oxygens (including phenoxy) is 3. The Bertz CT molecular complexity index is 1020. The summed E-state index contributed by atoms with van der Waals surface area (Å²) in [6.45, 7) is 2.07. The van der Waals surface area contributed by atoms with Gasteiger partial charge < -0.3 is 19.5 Å². The van der Waals surface area contributed by atoms with Crippen molar-refractivity contribution in [3.8, 4) is 17.2 Å². The predicted molar refractivity (Wildman–Crippen MR) is 121 cm³/mol. The highest BCUT2D eigenvalue weighted by atomic mass is 32.2. The number of hydrogen-bond acceptors (Lipinski definition) is 5. The van der Waals surface area contributed by atoms with Crippen molar-refractivity contribution in [3.63, 3.8) is 0 Å². The summed E-state index contributed by atoms with van der Waals surface area (Å²) in [5.41, 5.74) is 3.27. The maximum atomic E-state index is 12.9. The fraction of sp³-hybridized carbons (Fsp3) is 0.208. The van der Waals surface area contributed by atoms with Crippen LogP contribution in [0.3, 0.4) is 0 Å². The van der Waals surface area contributed by atoms with Gasteiger partial charge in [-0.2, -0.15) is 0 Å². The summed E-state index contributed by atoms with van der Waals surface area (Å²) in [5.74, 6) is 2.41. The van der Waals surface area contributed by atoms with Crippen molar-refractivity contribution in [1.29, 1.82) is 0 Å². The number of aryl methyl sites for hydroxylation is 1. The van der Waals surface area contributed by atoms with Crippen molar-refractivity contribution in [2.24, 2.45) is 0 Å². The van der Waals surface area contributed by atoms with Crippen LogP contribution in [0.15, 0.2) is 65.6 Å². The summed E-state index contributed by atoms with van der Waals surface area (Å²) < 4.78 is 16.1. The zero-order valence-corrected chi connectivity index (χ0v) is 18.3. The molecular formula is C24H25NO4S. The smallest absolute Gasteiger partial charge is 0.255 e. The first-order valence-electron chi connectivity index (χ1n) is 9.44. The van der Waals surface area contributed by atoms with Gasteiger partial charge in [-0.1, -0.05) is 17.7 Å². The standard InChI is InChI=1S/C24H25NO4S/c1-16-5-9-20(10-6-16)30-15-18-13-17(7-11-22(18)28-3)24(26)25-21-14-19(27-2)8-12-23(21)29-4/h5-14H,15H2,1-4H3,(H,25,26). The molecule has 0 spiro atoms. The average molecular weight is 424 g/mol. The van der Waals surface area contributed by atoms with E-state index in [1.807, 2.05) is 12.1 Å². The van der Waals surface area contributed by atoms with Gasteiger partial charge in [0.1, 0.15) is 17.2 Å². The van der Waals surface area contributed by atoms with Gasteiger partial charge in [-0.25, -0.2) is 0 Å². The predicted octanol–water partition coefficient (Wildman–Crippen LogP) is 5.57. The number of anilines is 1. The van der Waals surface area contributed by atoms with Crippen LogP contribution in [-0.2, 0) is 5.75 Å². The highest BCUT2D eigenvalue weighted by molar-refractivity contribution is 7.98. The topological polar surface area (TPSA) is 56.8 Å². The number of hydrogen-bond donors (Lipinski definition) is 1. The highest BCUT2D eigenvalue weighted by Crippen LogP contribution is 2.31. The summed E-state index contributed by atoms with van der Waals surface area (Å²) >= 11 is 1.70. The van der Waals surface area contributed by atoms with Crippen molar-refractivity contribution < 1.29 is 19.0 Å². The molecule has 0 aliphatic rings. The van der Waals surface area contributed by atoms with E-state index in [2.05, 4.69) is 36.5 Å². The van der Waals surface area contributed by atoms with Gasteiger partial charge in [0.25, 0.3) is 5.91 Å². The SMILES string of the molecule is COc1ccc(OC)c(NC(=O)c2ccc(OC)c(CSc3ccc(C)cc3)c2)c1. The molecular weight excluding hydrogens is 398 g/mol. The minimum atomic E-state index is -0.231. The maximum Gasteiger partial charge on any atom is 0.255 e. The van der Waals surface area contributed by atoms with Crippen LogP contribution in [0, 0.1) is 6.92 Å². The molecule has 1 N–H and O–H groups in total. The molecule has 0 radical (unpaired) electrons. The minimum Gasteiger partial charge on any atom is -0.497 e. The van der Waals surface area contributed by atoms with E-state index in [0.717, 1.165) is 11.3 Å². The molecule has 1 amide bonds. The van der Waals surface area contributed by atoms with Crippen LogP contribution in [0.1, 0.15) is 21.5 Å². The van der Waals surface area contributed by atoms with E-state index in [-0.39, 0.29) is 5.91 Å². The van der Waals surface area contributed by atoms with E-state index in [1.54, 1.807) is 57.4 Å². The lowest BCUT2D eigenvalue weighted by Gasteiger charge is -2.13. The first kappa shape index (κ1) is 21.6. The molecule has 0 atom stereocenters. The molecule has 0 bridgehead atoms. The van der Waals surface area contributed by atoms with Crippen LogP contribution in [0.5, 0.6) is 17.2 Å². The molecule has 0 fully saturated rings. The molecule has 0 saturated heterocycles. The summed E-state index contributed by atoms with van der Waals surface area (Å²) in [5, 5.41) is 2.91. The van der Waals surface area contributed by atoms with Gasteiger partial charge >= 0.3 is 0 Å². The van der Waals surface area contributed by atoms with Crippen LogP contribution in [0.2, 0.25) is 0 Å². The van der Waals surface area contributed by atoms with Crippen molar-refractivity contribution >= 4 is 23.4 Å². The Balaban J connectivity index is 1.79. The maximum absolute atomic E-state index is 12.9. The Kier molecular flexibility index (Phi) is 7.25. The van der Waals surface area contributed by atoms with E-state index >= 15 is 0 Å². The summed E-state index contributed by atoms with van der Waals surface area (Å²) in [6.07, 6.45) is 0. The fourth-order valence-electron chi connectivity index (χ4n) is 2.93. The average Bonchev–Trinajstić information content (AvgIpc) is 2.78. The zero-order chi connectivity index (χ0) is 21.5. The number of benzene rings is 3. The number of amides is 1. The number of rotatable bonds is 8. The lowest BCUT2D eigenvalue weighted by molar-refractivity contribution is 0.102. The van der Waals surface area contributed by atoms with Gasteiger partial charge in [-0.05, 0) is 49.4 Å². The van der Waals surface area contributed by atoms with Crippen molar-refractivity contribution in [2.75, 3.05) is 26.6 Å². The third-order valence-electron chi connectivity index (χ3n) is 4.61. The third kappa shape index (κ3) is 5.27. The second-order valence-electron chi connectivity index (χ2n) is 6.65. The van der Waals surface area contributed by atoms with Crippen molar-refractivity contribution in [2.45, 2.75) is 17.6 Å². The quantitative estimate of drug-likeness (QED) is 0.480. The summed E-state index contributed by atoms with van der Waals surface area (Å²) in [6, 6.07) is 19.1. The molecule has 3 rings (SSSR count). The number of thioether (sulfide) groups is 1. The Morgan fingerprint density at radius 2 is 1.57 bits per heavy atom. The Hall–Kier alpha value is -3.12. The van der Waals surface area contributed by atoms with Gasteiger partial charge in [0, 0.05) is 27.8 Å². The van der Waals surface area contributed by atoms with E-state index in [9.17, 15) is 4.79 Å². The number of carbonyl (C=O) groups excluding carboxylic acids is 1. The Morgan fingerprint density at radius 3 is 2.23 bits per heavy atom. The van der Waals surface area contributed by atoms with Gasteiger partial charge in [0.2, 0.25) is 0 Å². The van der Waals surface area contributed by atoms with Gasteiger partial charge in [0.05, 0.1) is 27.0 Å². The first-order valence-corrected chi connectivity index (χ1v) is 10.4. The number of nitrogens with one attached hydrogen (secondary N) is 1. The van der Waals surface area contributed by atoms with Crippen LogP contribution in [0.25, 0.3) is 0 Å². The molecule has 0 unspecified atom stereocenters. The second-order valence-corrected chi connectivity index (χ2v) is 7.70. The minimum absolute atomic E-state index is 0.231.